The van der Waals surface area contributed by atoms with Crippen LogP contribution in [0, 0.1) is 16.0 Å². The summed E-state index contributed by atoms with van der Waals surface area (Å²) in [4.78, 5) is 10.3. The second-order valence-corrected chi connectivity index (χ2v) is 8.29. The second kappa shape index (κ2) is 8.59. The molecule has 9 nitrogen and oxygen atoms in total. The molecule has 1 aromatic carbocycles. The molecular weight excluding hydrogens is 372 g/mol. The van der Waals surface area contributed by atoms with Crippen molar-refractivity contribution in [3.63, 3.8) is 0 Å². The summed E-state index contributed by atoms with van der Waals surface area (Å²) in [6.45, 7) is 1.01. The van der Waals surface area contributed by atoms with Crippen molar-refractivity contribution in [2.24, 2.45) is 11.0 Å². The number of sulfonamides is 1. The summed E-state index contributed by atoms with van der Waals surface area (Å²) in [6, 6.07) is 3.72. The lowest BCUT2D eigenvalue weighted by molar-refractivity contribution is -0.385. The van der Waals surface area contributed by atoms with Crippen molar-refractivity contribution < 1.29 is 18.1 Å². The zero-order valence-corrected chi connectivity index (χ0v) is 15.6. The summed E-state index contributed by atoms with van der Waals surface area (Å²) in [6.07, 6.45) is 8.85. The van der Waals surface area contributed by atoms with E-state index in [1.165, 1.54) is 16.4 Å². The highest BCUT2D eigenvalue weighted by Gasteiger charge is 2.30. The lowest BCUT2D eigenvalue weighted by atomic mass is 9.96. The molecular formula is C17H22N4O5S. The highest BCUT2D eigenvalue weighted by molar-refractivity contribution is 7.89. The number of hydrogen-bond acceptors (Lipinski definition) is 7. The predicted octanol–water partition coefficient (Wildman–Crippen LogP) is 2.37. The number of anilines is 1. The largest absolute Gasteiger partial charge is 0.379 e. The number of benzene rings is 1. The van der Waals surface area contributed by atoms with Gasteiger partial charge in [0.1, 0.15) is 4.90 Å². The van der Waals surface area contributed by atoms with Crippen LogP contribution in [-0.4, -0.2) is 50.2 Å². The number of hydrazone groups is 1. The highest BCUT2D eigenvalue weighted by Crippen LogP contribution is 2.29. The lowest BCUT2D eigenvalue weighted by Crippen LogP contribution is -2.40. The van der Waals surface area contributed by atoms with Gasteiger partial charge in [0.05, 0.1) is 23.8 Å². The molecule has 3 rings (SSSR count). The van der Waals surface area contributed by atoms with Crippen LogP contribution in [0.2, 0.25) is 0 Å². The van der Waals surface area contributed by atoms with Gasteiger partial charge in [0.15, 0.2) is 0 Å². The zero-order chi connectivity index (χ0) is 19.3. The number of non-ortho nitro benzene ring substituents is 1. The van der Waals surface area contributed by atoms with Crippen molar-refractivity contribution in [2.45, 2.75) is 24.2 Å². The highest BCUT2D eigenvalue weighted by atomic mass is 32.2. The first-order valence-corrected chi connectivity index (χ1v) is 10.2. The van der Waals surface area contributed by atoms with Crippen LogP contribution in [0.4, 0.5) is 11.4 Å². The molecule has 0 unspecified atom stereocenters. The van der Waals surface area contributed by atoms with Crippen molar-refractivity contribution in [1.29, 1.82) is 0 Å². The number of allylic oxidation sites excluding steroid dienone is 2. The Bertz CT molecular complexity index is 847. The maximum Gasteiger partial charge on any atom is 0.270 e. The molecule has 1 aromatic rings. The van der Waals surface area contributed by atoms with Crippen LogP contribution >= 0.6 is 0 Å². The molecule has 2 aliphatic rings. The number of rotatable bonds is 6. The number of nitrogens with one attached hydrogen (secondary N) is 1. The SMILES string of the molecule is O=[N+]([O-])c1ccc(N/N=C\[C@H]2CC=CCC2)c(S(=O)(=O)N2CCOCC2)c1. The first kappa shape index (κ1) is 19.5. The molecule has 1 fully saturated rings. The molecule has 0 spiro atoms. The summed E-state index contributed by atoms with van der Waals surface area (Å²) in [5.74, 6) is 0.292. The summed E-state index contributed by atoms with van der Waals surface area (Å²) in [7, 11) is -3.90. The topological polar surface area (TPSA) is 114 Å². The Morgan fingerprint density at radius 2 is 2.07 bits per heavy atom. The third-order valence-corrected chi connectivity index (χ3v) is 6.48. The molecule has 0 bridgehead atoms. The Hall–Kier alpha value is -2.30. The van der Waals surface area contributed by atoms with Gasteiger partial charge in [-0.3, -0.25) is 15.5 Å². The van der Waals surface area contributed by atoms with E-state index in [4.69, 9.17) is 4.74 Å². The Morgan fingerprint density at radius 1 is 1.30 bits per heavy atom. The zero-order valence-electron chi connectivity index (χ0n) is 14.8. The van der Waals surface area contributed by atoms with Crippen LogP contribution in [0.25, 0.3) is 0 Å². The lowest BCUT2D eigenvalue weighted by Gasteiger charge is -2.26. The molecule has 1 saturated heterocycles. The van der Waals surface area contributed by atoms with Crippen LogP contribution in [0.1, 0.15) is 19.3 Å². The Kier molecular flexibility index (Phi) is 6.19. The molecule has 0 saturated carbocycles. The smallest absolute Gasteiger partial charge is 0.270 e. The van der Waals surface area contributed by atoms with Crippen molar-refractivity contribution in [3.8, 4) is 0 Å². The van der Waals surface area contributed by atoms with E-state index in [0.29, 0.717) is 19.1 Å². The predicted molar refractivity (Wildman–Crippen MR) is 101 cm³/mol. The van der Waals surface area contributed by atoms with Crippen molar-refractivity contribution >= 4 is 27.6 Å². The fourth-order valence-electron chi connectivity index (χ4n) is 3.02. The Balaban J connectivity index is 1.87. The molecule has 0 radical (unpaired) electrons. The van der Waals surface area contributed by atoms with Gasteiger partial charge >= 0.3 is 0 Å². The van der Waals surface area contributed by atoms with Gasteiger partial charge in [-0.2, -0.15) is 9.41 Å². The standard InChI is InChI=1S/C17H22N4O5S/c22-21(23)15-6-7-16(19-18-13-14-4-2-1-3-5-14)17(12-15)27(24,25)20-8-10-26-11-9-20/h1-2,6-7,12-14,19H,3-5,8-11H2/b18-13-/t14-/m0/s1. The summed E-state index contributed by atoms with van der Waals surface area (Å²) in [5.41, 5.74) is 2.69. The van der Waals surface area contributed by atoms with E-state index in [9.17, 15) is 18.5 Å². The van der Waals surface area contributed by atoms with Gasteiger partial charge in [0, 0.05) is 31.4 Å². The number of hydrogen-bond donors (Lipinski definition) is 1. The number of nitro benzene ring substituents is 1. The van der Waals surface area contributed by atoms with Gasteiger partial charge in [-0.05, 0) is 31.2 Å². The molecule has 1 aliphatic carbocycles. The van der Waals surface area contributed by atoms with Gasteiger partial charge in [0.25, 0.3) is 5.69 Å². The third kappa shape index (κ3) is 4.71. The van der Waals surface area contributed by atoms with Crippen molar-refractivity contribution in [1.82, 2.24) is 4.31 Å². The van der Waals surface area contributed by atoms with Crippen LogP contribution in [0.5, 0.6) is 0 Å². The molecule has 27 heavy (non-hydrogen) atoms. The molecule has 1 aliphatic heterocycles. The van der Waals surface area contributed by atoms with Gasteiger partial charge in [-0.25, -0.2) is 8.42 Å². The summed E-state index contributed by atoms with van der Waals surface area (Å²) < 4.78 is 32.5. The van der Waals surface area contributed by atoms with Crippen LogP contribution < -0.4 is 5.43 Å². The number of ether oxygens (including phenoxy) is 1. The molecule has 10 heteroatoms. The van der Waals surface area contributed by atoms with E-state index >= 15 is 0 Å². The molecule has 0 amide bonds. The van der Waals surface area contributed by atoms with E-state index in [2.05, 4.69) is 22.7 Å². The summed E-state index contributed by atoms with van der Waals surface area (Å²) >= 11 is 0. The molecule has 0 aromatic heterocycles. The van der Waals surface area contributed by atoms with Crippen molar-refractivity contribution in [2.75, 3.05) is 31.7 Å². The molecule has 146 valence electrons. The maximum absolute atomic E-state index is 13.0. The first-order chi connectivity index (χ1) is 13.0. The Morgan fingerprint density at radius 3 is 2.74 bits per heavy atom. The first-order valence-electron chi connectivity index (χ1n) is 8.79. The maximum atomic E-state index is 13.0. The number of nitrogens with zero attached hydrogens (tertiary/aromatic N) is 3. The van der Waals surface area contributed by atoms with Crippen LogP contribution in [0.3, 0.4) is 0 Å². The second-order valence-electron chi connectivity index (χ2n) is 6.39. The fraction of sp³-hybridized carbons (Fsp3) is 0.471. The molecule has 1 atom stereocenters. The average molecular weight is 394 g/mol. The van der Waals surface area contributed by atoms with Crippen molar-refractivity contribution in [3.05, 3.63) is 40.5 Å². The van der Waals surface area contributed by atoms with Crippen LogP contribution in [-0.2, 0) is 14.8 Å². The van der Waals surface area contributed by atoms with E-state index in [1.807, 2.05) is 0 Å². The van der Waals surface area contributed by atoms with E-state index in [-0.39, 0.29) is 29.4 Å². The van der Waals surface area contributed by atoms with E-state index in [0.717, 1.165) is 25.3 Å². The van der Waals surface area contributed by atoms with Gasteiger partial charge in [0.2, 0.25) is 10.0 Å². The average Bonchev–Trinajstić information content (AvgIpc) is 2.69. The minimum atomic E-state index is -3.90. The summed E-state index contributed by atoms with van der Waals surface area (Å²) in [5, 5.41) is 15.3. The minimum Gasteiger partial charge on any atom is -0.379 e. The van der Waals surface area contributed by atoms with Gasteiger partial charge < -0.3 is 4.74 Å². The quantitative estimate of drug-likeness (QED) is 0.343. The van der Waals surface area contributed by atoms with Gasteiger partial charge in [-0.15, -0.1) is 0 Å². The molecule has 1 N–H and O–H groups in total. The number of morpholine rings is 1. The minimum absolute atomic E-state index is 0.153. The van der Waals surface area contributed by atoms with Crippen LogP contribution in [0.15, 0.2) is 40.3 Å². The normalized spacial score (nSPS) is 21.4. The number of nitro groups is 1. The van der Waals surface area contributed by atoms with E-state index in [1.54, 1.807) is 6.21 Å². The third-order valence-electron chi connectivity index (χ3n) is 4.54. The Labute approximate surface area is 157 Å². The monoisotopic (exact) mass is 394 g/mol. The van der Waals surface area contributed by atoms with Gasteiger partial charge in [-0.1, -0.05) is 12.2 Å². The molecule has 1 heterocycles. The van der Waals surface area contributed by atoms with E-state index < -0.39 is 14.9 Å². The fourth-order valence-corrected chi connectivity index (χ4v) is 4.59.